The summed E-state index contributed by atoms with van der Waals surface area (Å²) in [4.78, 5) is 0. The Morgan fingerprint density at radius 2 is 2.31 bits per heavy atom. The summed E-state index contributed by atoms with van der Waals surface area (Å²) in [7, 11) is 0. The highest BCUT2D eigenvalue weighted by Crippen LogP contribution is 2.16. The van der Waals surface area contributed by atoms with Crippen LogP contribution in [0.4, 0.5) is 10.1 Å². The molecule has 0 amide bonds. The third-order valence-electron chi connectivity index (χ3n) is 2.01. The quantitative estimate of drug-likeness (QED) is 0.560. The van der Waals surface area contributed by atoms with Crippen molar-refractivity contribution >= 4 is 22.6 Å². The smallest absolute Gasteiger partial charge is 0.158 e. The summed E-state index contributed by atoms with van der Waals surface area (Å²) in [5.41, 5.74) is 6.58. The van der Waals surface area contributed by atoms with Gasteiger partial charge in [0.2, 0.25) is 0 Å². The summed E-state index contributed by atoms with van der Waals surface area (Å²) >= 11 is 1.38. The first-order valence-electron chi connectivity index (χ1n) is 5.14. The van der Waals surface area contributed by atoms with Crippen molar-refractivity contribution in [3.05, 3.63) is 29.6 Å². The lowest BCUT2D eigenvalue weighted by molar-refractivity contribution is 0.610. The number of thioether (sulfide) groups is 1. The summed E-state index contributed by atoms with van der Waals surface area (Å²) in [6.07, 6.45) is 0.535. The zero-order valence-corrected chi connectivity index (χ0v) is 10.0. The highest BCUT2D eigenvalue weighted by atomic mass is 32.2. The maximum Gasteiger partial charge on any atom is 0.158 e. The molecule has 16 heavy (non-hydrogen) atoms. The van der Waals surface area contributed by atoms with Gasteiger partial charge in [0.05, 0.1) is 0 Å². The van der Waals surface area contributed by atoms with Gasteiger partial charge in [-0.2, -0.15) is 0 Å². The summed E-state index contributed by atoms with van der Waals surface area (Å²) in [5.74, 6) is 0.546. The molecule has 4 N–H and O–H groups in total. The molecule has 0 heterocycles. The summed E-state index contributed by atoms with van der Waals surface area (Å²) in [6.45, 7) is 2.40. The van der Waals surface area contributed by atoms with Crippen molar-refractivity contribution in [1.29, 1.82) is 5.41 Å². The van der Waals surface area contributed by atoms with Gasteiger partial charge in [-0.25, -0.2) is 4.39 Å². The third kappa shape index (κ3) is 3.83. The van der Waals surface area contributed by atoms with Crippen LogP contribution in [0.15, 0.2) is 18.2 Å². The molecule has 0 fully saturated rings. The molecule has 0 saturated heterocycles. The third-order valence-corrected chi connectivity index (χ3v) is 2.69. The minimum absolute atomic E-state index is 0.273. The Labute approximate surface area is 99.1 Å². The van der Waals surface area contributed by atoms with Gasteiger partial charge >= 0.3 is 0 Å². The van der Waals surface area contributed by atoms with Crippen LogP contribution in [0.5, 0.6) is 0 Å². The van der Waals surface area contributed by atoms with Gasteiger partial charge in [0.15, 0.2) is 5.17 Å². The monoisotopic (exact) mass is 241 g/mol. The largest absolute Gasteiger partial charge is 0.335 e. The molecule has 0 unspecified atom stereocenters. The van der Waals surface area contributed by atoms with Crippen LogP contribution in [-0.2, 0) is 6.42 Å². The molecule has 0 spiro atoms. The molecule has 88 valence electrons. The van der Waals surface area contributed by atoms with Crippen molar-refractivity contribution < 1.29 is 4.39 Å². The summed E-state index contributed by atoms with van der Waals surface area (Å²) in [6, 6.07) is 4.86. The van der Waals surface area contributed by atoms with Crippen molar-refractivity contribution in [3.63, 3.8) is 0 Å². The summed E-state index contributed by atoms with van der Waals surface area (Å²) < 4.78 is 13.5. The molecule has 1 aromatic rings. The van der Waals surface area contributed by atoms with E-state index in [4.69, 9.17) is 11.1 Å². The standard InChI is InChI=1S/C11H16FN3S/c1-2-16-11(14)15-9-4-3-8(5-6-13)10(12)7-9/h3-4,7H,2,5-6,13H2,1H3,(H2,14,15). The van der Waals surface area contributed by atoms with Gasteiger partial charge in [0.25, 0.3) is 0 Å². The predicted molar refractivity (Wildman–Crippen MR) is 68.6 cm³/mol. The van der Waals surface area contributed by atoms with E-state index in [9.17, 15) is 4.39 Å². The van der Waals surface area contributed by atoms with E-state index >= 15 is 0 Å². The number of nitrogens with two attached hydrogens (primary N) is 1. The van der Waals surface area contributed by atoms with E-state index in [1.165, 1.54) is 17.8 Å². The van der Waals surface area contributed by atoms with E-state index in [-0.39, 0.29) is 5.82 Å². The Kier molecular flexibility index (Phi) is 5.28. The molecule has 5 heteroatoms. The molecular weight excluding hydrogens is 225 g/mol. The van der Waals surface area contributed by atoms with Crippen LogP contribution in [0.3, 0.4) is 0 Å². The van der Waals surface area contributed by atoms with Crippen molar-refractivity contribution in [3.8, 4) is 0 Å². The van der Waals surface area contributed by atoms with Gasteiger partial charge in [0.1, 0.15) is 5.82 Å². The fourth-order valence-corrected chi connectivity index (χ4v) is 1.77. The first kappa shape index (κ1) is 13.0. The molecular formula is C11H16FN3S. The average Bonchev–Trinajstić information content (AvgIpc) is 2.22. The first-order chi connectivity index (χ1) is 7.67. The van der Waals surface area contributed by atoms with E-state index in [0.29, 0.717) is 29.4 Å². The van der Waals surface area contributed by atoms with Gasteiger partial charge in [-0.05, 0) is 36.4 Å². The van der Waals surface area contributed by atoms with Crippen molar-refractivity contribution in [2.24, 2.45) is 5.73 Å². The normalized spacial score (nSPS) is 10.2. The Balaban J connectivity index is 2.69. The number of halogens is 1. The number of amidine groups is 1. The lowest BCUT2D eigenvalue weighted by Crippen LogP contribution is -2.08. The van der Waals surface area contributed by atoms with Crippen LogP contribution in [0.1, 0.15) is 12.5 Å². The molecule has 0 atom stereocenters. The van der Waals surface area contributed by atoms with Gasteiger partial charge < -0.3 is 11.1 Å². The number of anilines is 1. The van der Waals surface area contributed by atoms with Crippen molar-refractivity contribution in [1.82, 2.24) is 0 Å². The lowest BCUT2D eigenvalue weighted by Gasteiger charge is -2.08. The number of benzene rings is 1. The average molecular weight is 241 g/mol. The molecule has 0 saturated carbocycles. The maximum absolute atomic E-state index is 13.5. The topological polar surface area (TPSA) is 61.9 Å². The molecule has 0 aliphatic rings. The first-order valence-corrected chi connectivity index (χ1v) is 6.12. The zero-order chi connectivity index (χ0) is 12.0. The molecule has 0 radical (unpaired) electrons. The molecule has 3 nitrogen and oxygen atoms in total. The Morgan fingerprint density at radius 1 is 1.56 bits per heavy atom. The fourth-order valence-electron chi connectivity index (χ4n) is 1.29. The van der Waals surface area contributed by atoms with Crippen LogP contribution < -0.4 is 11.1 Å². The second kappa shape index (κ2) is 6.50. The molecule has 1 aromatic carbocycles. The van der Waals surface area contributed by atoms with Crippen molar-refractivity contribution in [2.75, 3.05) is 17.6 Å². The van der Waals surface area contributed by atoms with E-state index in [0.717, 1.165) is 5.75 Å². The van der Waals surface area contributed by atoms with Crippen LogP contribution in [0.2, 0.25) is 0 Å². The van der Waals surface area contributed by atoms with Crippen LogP contribution in [-0.4, -0.2) is 17.5 Å². The van der Waals surface area contributed by atoms with Crippen molar-refractivity contribution in [2.45, 2.75) is 13.3 Å². The molecule has 1 rings (SSSR count). The van der Waals surface area contributed by atoms with Crippen LogP contribution in [0, 0.1) is 11.2 Å². The minimum Gasteiger partial charge on any atom is -0.335 e. The molecule has 0 aromatic heterocycles. The summed E-state index contributed by atoms with van der Waals surface area (Å²) in [5, 5.41) is 10.7. The van der Waals surface area contributed by atoms with Gasteiger partial charge in [-0.15, -0.1) is 0 Å². The highest BCUT2D eigenvalue weighted by Gasteiger charge is 2.04. The maximum atomic E-state index is 13.5. The van der Waals surface area contributed by atoms with Crippen LogP contribution >= 0.6 is 11.8 Å². The van der Waals surface area contributed by atoms with E-state index in [1.807, 2.05) is 6.92 Å². The number of hydrogen-bond donors (Lipinski definition) is 3. The van der Waals surface area contributed by atoms with Gasteiger partial charge in [-0.3, -0.25) is 5.41 Å². The predicted octanol–water partition coefficient (Wildman–Crippen LogP) is 2.43. The highest BCUT2D eigenvalue weighted by molar-refractivity contribution is 8.14. The number of hydrogen-bond acceptors (Lipinski definition) is 3. The second-order valence-corrected chi connectivity index (χ2v) is 4.51. The van der Waals surface area contributed by atoms with E-state index in [1.54, 1.807) is 12.1 Å². The van der Waals surface area contributed by atoms with Gasteiger partial charge in [-0.1, -0.05) is 24.8 Å². The molecule has 0 aliphatic carbocycles. The van der Waals surface area contributed by atoms with Gasteiger partial charge in [0, 0.05) is 5.69 Å². The minimum atomic E-state index is -0.273. The van der Waals surface area contributed by atoms with E-state index < -0.39 is 0 Å². The van der Waals surface area contributed by atoms with E-state index in [2.05, 4.69) is 5.32 Å². The molecule has 0 aliphatic heterocycles. The Hall–Kier alpha value is -1.07. The van der Waals surface area contributed by atoms with Crippen LogP contribution in [0.25, 0.3) is 0 Å². The Morgan fingerprint density at radius 3 is 2.88 bits per heavy atom. The molecule has 0 bridgehead atoms. The SMILES string of the molecule is CCSC(=N)Nc1ccc(CCN)c(F)c1. The second-order valence-electron chi connectivity index (χ2n) is 3.23. The number of nitrogens with one attached hydrogen (secondary N) is 2. The number of rotatable bonds is 4. The lowest BCUT2D eigenvalue weighted by atomic mass is 10.1. The Bertz CT molecular complexity index is 368. The zero-order valence-electron chi connectivity index (χ0n) is 9.22. The fraction of sp³-hybridized carbons (Fsp3) is 0.364.